The summed E-state index contributed by atoms with van der Waals surface area (Å²) in [5, 5.41) is 3.39. The Labute approximate surface area is 118 Å². The van der Waals surface area contributed by atoms with Crippen LogP contribution in [0.5, 0.6) is 5.75 Å². The van der Waals surface area contributed by atoms with Gasteiger partial charge in [0.15, 0.2) is 0 Å². The average molecular weight is 271 g/mol. The molecule has 2 aromatic rings. The molecule has 3 heteroatoms. The largest absolute Gasteiger partial charge is 0.488 e. The SMILES string of the molecule is Cc1cc(F)ccc1CNCC1Cc2ccccc2O1. The number of para-hydroxylation sites is 1. The van der Waals surface area contributed by atoms with Gasteiger partial charge < -0.3 is 10.1 Å². The number of halogens is 1. The van der Waals surface area contributed by atoms with E-state index in [1.54, 1.807) is 6.07 Å². The molecule has 2 aromatic carbocycles. The maximum atomic E-state index is 13.0. The second-order valence-electron chi connectivity index (χ2n) is 5.25. The minimum absolute atomic E-state index is 0.180. The predicted molar refractivity (Wildman–Crippen MR) is 77.4 cm³/mol. The third-order valence-corrected chi connectivity index (χ3v) is 3.71. The first-order valence-electron chi connectivity index (χ1n) is 6.92. The molecule has 1 atom stereocenters. The van der Waals surface area contributed by atoms with Gasteiger partial charge in [-0.25, -0.2) is 4.39 Å². The van der Waals surface area contributed by atoms with Gasteiger partial charge in [-0.1, -0.05) is 24.3 Å². The molecule has 20 heavy (non-hydrogen) atoms. The minimum Gasteiger partial charge on any atom is -0.488 e. The fourth-order valence-corrected chi connectivity index (χ4v) is 2.59. The van der Waals surface area contributed by atoms with Gasteiger partial charge in [0.25, 0.3) is 0 Å². The van der Waals surface area contributed by atoms with Crippen molar-refractivity contribution in [2.45, 2.75) is 26.0 Å². The van der Waals surface area contributed by atoms with E-state index in [1.807, 2.05) is 31.2 Å². The molecule has 1 aliphatic heterocycles. The average Bonchev–Trinajstić information content (AvgIpc) is 2.84. The Hall–Kier alpha value is -1.87. The fraction of sp³-hybridized carbons (Fsp3) is 0.294. The van der Waals surface area contributed by atoms with E-state index in [0.717, 1.165) is 36.4 Å². The van der Waals surface area contributed by atoms with Gasteiger partial charge in [-0.15, -0.1) is 0 Å². The summed E-state index contributed by atoms with van der Waals surface area (Å²) in [6, 6.07) is 13.1. The maximum absolute atomic E-state index is 13.0. The lowest BCUT2D eigenvalue weighted by Crippen LogP contribution is -2.29. The molecule has 0 spiro atoms. The van der Waals surface area contributed by atoms with E-state index in [2.05, 4.69) is 11.4 Å². The van der Waals surface area contributed by atoms with Gasteiger partial charge in [-0.2, -0.15) is 0 Å². The minimum atomic E-state index is -0.180. The Morgan fingerprint density at radius 2 is 2.10 bits per heavy atom. The Morgan fingerprint density at radius 3 is 2.90 bits per heavy atom. The van der Waals surface area contributed by atoms with Crippen LogP contribution < -0.4 is 10.1 Å². The standard InChI is InChI=1S/C17H18FNO/c1-12-8-15(18)7-6-14(12)10-19-11-16-9-13-4-2-3-5-17(13)20-16/h2-8,16,19H,9-11H2,1H3. The van der Waals surface area contributed by atoms with Crippen molar-refractivity contribution in [3.63, 3.8) is 0 Å². The summed E-state index contributed by atoms with van der Waals surface area (Å²) in [6.07, 6.45) is 1.14. The summed E-state index contributed by atoms with van der Waals surface area (Å²) in [4.78, 5) is 0. The molecule has 0 aromatic heterocycles. The summed E-state index contributed by atoms with van der Waals surface area (Å²) in [7, 11) is 0. The number of hydrogen-bond acceptors (Lipinski definition) is 2. The number of rotatable bonds is 4. The summed E-state index contributed by atoms with van der Waals surface area (Å²) < 4.78 is 18.9. The lowest BCUT2D eigenvalue weighted by Gasteiger charge is -2.13. The first kappa shape index (κ1) is 13.1. The molecule has 0 saturated heterocycles. The third kappa shape index (κ3) is 2.83. The highest BCUT2D eigenvalue weighted by Crippen LogP contribution is 2.27. The van der Waals surface area contributed by atoms with Crippen LogP contribution in [0.25, 0.3) is 0 Å². The zero-order valence-electron chi connectivity index (χ0n) is 11.5. The van der Waals surface area contributed by atoms with Gasteiger partial charge in [-0.05, 0) is 41.8 Å². The molecule has 3 rings (SSSR count). The Morgan fingerprint density at radius 1 is 1.25 bits per heavy atom. The number of hydrogen-bond donors (Lipinski definition) is 1. The van der Waals surface area contributed by atoms with E-state index in [-0.39, 0.29) is 11.9 Å². The molecule has 1 aliphatic rings. The Kier molecular flexibility index (Phi) is 3.70. The van der Waals surface area contributed by atoms with E-state index in [9.17, 15) is 4.39 Å². The first-order chi connectivity index (χ1) is 9.72. The molecule has 1 unspecified atom stereocenters. The van der Waals surface area contributed by atoms with Crippen molar-refractivity contribution in [1.29, 1.82) is 0 Å². The normalized spacial score (nSPS) is 16.8. The number of benzene rings is 2. The van der Waals surface area contributed by atoms with Gasteiger partial charge in [0, 0.05) is 19.5 Å². The van der Waals surface area contributed by atoms with Crippen molar-refractivity contribution in [2.75, 3.05) is 6.54 Å². The summed E-state index contributed by atoms with van der Waals surface area (Å²) in [6.45, 7) is 3.47. The second kappa shape index (κ2) is 5.63. The zero-order chi connectivity index (χ0) is 13.9. The van der Waals surface area contributed by atoms with Crippen molar-refractivity contribution < 1.29 is 9.13 Å². The second-order valence-corrected chi connectivity index (χ2v) is 5.25. The first-order valence-corrected chi connectivity index (χ1v) is 6.92. The van der Waals surface area contributed by atoms with Crippen molar-refractivity contribution in [3.05, 3.63) is 65.0 Å². The van der Waals surface area contributed by atoms with E-state index < -0.39 is 0 Å². The third-order valence-electron chi connectivity index (χ3n) is 3.71. The number of nitrogens with one attached hydrogen (secondary N) is 1. The topological polar surface area (TPSA) is 21.3 Å². The van der Waals surface area contributed by atoms with Crippen molar-refractivity contribution in [1.82, 2.24) is 5.32 Å². The van der Waals surface area contributed by atoms with Crippen LogP contribution >= 0.6 is 0 Å². The highest BCUT2D eigenvalue weighted by molar-refractivity contribution is 5.37. The van der Waals surface area contributed by atoms with Gasteiger partial charge in [0.05, 0.1) is 0 Å². The van der Waals surface area contributed by atoms with Crippen LogP contribution in [0.1, 0.15) is 16.7 Å². The Bertz CT molecular complexity index is 587. The molecule has 2 nitrogen and oxygen atoms in total. The predicted octanol–water partition coefficient (Wildman–Crippen LogP) is 3.23. The van der Waals surface area contributed by atoms with Crippen LogP contribution in [-0.4, -0.2) is 12.6 Å². The number of aryl methyl sites for hydroxylation is 1. The van der Waals surface area contributed by atoms with Crippen LogP contribution in [0.3, 0.4) is 0 Å². The zero-order valence-corrected chi connectivity index (χ0v) is 11.5. The van der Waals surface area contributed by atoms with Gasteiger partial charge in [0.2, 0.25) is 0 Å². The molecule has 104 valence electrons. The maximum Gasteiger partial charge on any atom is 0.123 e. The molecule has 1 heterocycles. The highest BCUT2D eigenvalue weighted by Gasteiger charge is 2.21. The summed E-state index contributed by atoms with van der Waals surface area (Å²) >= 11 is 0. The number of fused-ring (bicyclic) bond motifs is 1. The van der Waals surface area contributed by atoms with E-state index in [1.165, 1.54) is 11.6 Å². The molecule has 0 fully saturated rings. The van der Waals surface area contributed by atoms with Gasteiger partial charge in [0.1, 0.15) is 17.7 Å². The fourth-order valence-electron chi connectivity index (χ4n) is 2.59. The molecule has 0 aliphatic carbocycles. The van der Waals surface area contributed by atoms with Crippen molar-refractivity contribution in [3.8, 4) is 5.75 Å². The van der Waals surface area contributed by atoms with Crippen LogP contribution in [0.15, 0.2) is 42.5 Å². The molecule has 1 N–H and O–H groups in total. The van der Waals surface area contributed by atoms with Crippen LogP contribution in [-0.2, 0) is 13.0 Å². The van der Waals surface area contributed by atoms with Crippen molar-refractivity contribution in [2.24, 2.45) is 0 Å². The molecule has 0 saturated carbocycles. The molecule has 0 radical (unpaired) electrons. The Balaban J connectivity index is 1.52. The smallest absolute Gasteiger partial charge is 0.123 e. The van der Waals surface area contributed by atoms with E-state index in [4.69, 9.17) is 4.74 Å². The molecular weight excluding hydrogens is 253 g/mol. The lowest BCUT2D eigenvalue weighted by molar-refractivity contribution is 0.227. The van der Waals surface area contributed by atoms with Gasteiger partial charge in [-0.3, -0.25) is 0 Å². The van der Waals surface area contributed by atoms with Crippen LogP contribution in [0, 0.1) is 12.7 Å². The van der Waals surface area contributed by atoms with Crippen LogP contribution in [0.4, 0.5) is 4.39 Å². The lowest BCUT2D eigenvalue weighted by atomic mass is 10.1. The molecular formula is C17H18FNO. The van der Waals surface area contributed by atoms with Crippen molar-refractivity contribution >= 4 is 0 Å². The summed E-state index contributed by atoms with van der Waals surface area (Å²) in [5.74, 6) is 0.818. The van der Waals surface area contributed by atoms with Gasteiger partial charge >= 0.3 is 0 Å². The quantitative estimate of drug-likeness (QED) is 0.922. The molecule has 0 bridgehead atoms. The van der Waals surface area contributed by atoms with Crippen LogP contribution in [0.2, 0.25) is 0 Å². The summed E-state index contributed by atoms with van der Waals surface area (Å²) in [5.41, 5.74) is 3.38. The number of ether oxygens (including phenoxy) is 1. The highest BCUT2D eigenvalue weighted by atomic mass is 19.1. The monoisotopic (exact) mass is 271 g/mol. The molecule has 0 amide bonds. The van der Waals surface area contributed by atoms with E-state index in [0.29, 0.717) is 0 Å². The van der Waals surface area contributed by atoms with E-state index >= 15 is 0 Å².